The van der Waals surface area contributed by atoms with E-state index < -0.39 is 0 Å². The summed E-state index contributed by atoms with van der Waals surface area (Å²) in [7, 11) is 2.19. The van der Waals surface area contributed by atoms with E-state index in [1.165, 1.54) is 9.26 Å². The zero-order chi connectivity index (χ0) is 17.9. The minimum absolute atomic E-state index is 0.921. The zero-order valence-corrected chi connectivity index (χ0v) is 17.6. The van der Waals surface area contributed by atoms with E-state index in [2.05, 4.69) is 98.7 Å². The van der Waals surface area contributed by atoms with E-state index in [1.54, 1.807) is 11.3 Å². The van der Waals surface area contributed by atoms with E-state index in [9.17, 15) is 0 Å². The summed E-state index contributed by atoms with van der Waals surface area (Å²) in [6.45, 7) is 4.44. The Morgan fingerprint density at radius 3 is 2.35 bits per heavy atom. The van der Waals surface area contributed by atoms with Gasteiger partial charge in [-0.15, -0.1) is 11.3 Å². The largest absolute Gasteiger partial charge is 0.369 e. The number of halogens is 1. The fraction of sp³-hybridized carbons (Fsp3) is 0.250. The van der Waals surface area contributed by atoms with Crippen LogP contribution in [0.15, 0.2) is 53.9 Å². The van der Waals surface area contributed by atoms with Crippen molar-refractivity contribution in [3.63, 3.8) is 0 Å². The Morgan fingerprint density at radius 1 is 0.962 bits per heavy atom. The fourth-order valence-electron chi connectivity index (χ4n) is 3.03. The van der Waals surface area contributed by atoms with Gasteiger partial charge < -0.3 is 15.1 Å². The summed E-state index contributed by atoms with van der Waals surface area (Å²) in [5.74, 6) is 0. The lowest BCUT2D eigenvalue weighted by molar-refractivity contribution is 0.313. The lowest BCUT2D eigenvalue weighted by atomic mass is 10.1. The number of likely N-dealkylation sites (N-methyl/N-ethyl adjacent to an activating group) is 1. The molecule has 134 valence electrons. The maximum absolute atomic E-state index is 4.74. The van der Waals surface area contributed by atoms with E-state index >= 15 is 0 Å². The molecule has 1 aromatic heterocycles. The van der Waals surface area contributed by atoms with E-state index in [1.807, 2.05) is 0 Å². The van der Waals surface area contributed by atoms with Crippen molar-refractivity contribution in [2.24, 2.45) is 0 Å². The average Bonchev–Trinajstić information content (AvgIpc) is 3.13. The van der Waals surface area contributed by atoms with Crippen LogP contribution in [0.3, 0.4) is 0 Å². The van der Waals surface area contributed by atoms with Crippen molar-refractivity contribution >= 4 is 50.4 Å². The fourth-order valence-corrected chi connectivity index (χ4v) is 4.13. The SMILES string of the molecule is CN1CCN(c2ccc(-c3csc(Nc4ccc(I)cc4)n3)cc2)CC1. The molecule has 0 bridgehead atoms. The van der Waals surface area contributed by atoms with E-state index in [0.717, 1.165) is 48.3 Å². The summed E-state index contributed by atoms with van der Waals surface area (Å²) in [4.78, 5) is 9.57. The molecule has 1 aliphatic heterocycles. The van der Waals surface area contributed by atoms with Crippen molar-refractivity contribution in [1.82, 2.24) is 9.88 Å². The number of hydrogen-bond acceptors (Lipinski definition) is 5. The molecule has 0 spiro atoms. The normalized spacial score (nSPS) is 15.2. The molecule has 0 radical (unpaired) electrons. The van der Waals surface area contributed by atoms with Crippen LogP contribution in [-0.4, -0.2) is 43.1 Å². The molecule has 1 aliphatic rings. The lowest BCUT2D eigenvalue weighted by Gasteiger charge is -2.34. The van der Waals surface area contributed by atoms with Crippen LogP contribution in [0.2, 0.25) is 0 Å². The topological polar surface area (TPSA) is 31.4 Å². The Morgan fingerprint density at radius 2 is 1.65 bits per heavy atom. The highest BCUT2D eigenvalue weighted by Gasteiger charge is 2.14. The molecule has 6 heteroatoms. The predicted octanol–water partition coefficient (Wildman–Crippen LogP) is 4.91. The maximum Gasteiger partial charge on any atom is 0.187 e. The quantitative estimate of drug-likeness (QED) is 0.543. The van der Waals surface area contributed by atoms with Crippen LogP contribution < -0.4 is 10.2 Å². The maximum atomic E-state index is 4.74. The molecule has 0 amide bonds. The smallest absolute Gasteiger partial charge is 0.187 e. The van der Waals surface area contributed by atoms with Crippen molar-refractivity contribution in [2.45, 2.75) is 0 Å². The third-order valence-electron chi connectivity index (χ3n) is 4.63. The van der Waals surface area contributed by atoms with Gasteiger partial charge in [-0.3, -0.25) is 0 Å². The molecule has 3 aromatic rings. The summed E-state index contributed by atoms with van der Waals surface area (Å²) in [5.41, 5.74) is 4.55. The number of thiazole rings is 1. The molecular weight excluding hydrogens is 455 g/mol. The van der Waals surface area contributed by atoms with Gasteiger partial charge >= 0.3 is 0 Å². The minimum Gasteiger partial charge on any atom is -0.369 e. The van der Waals surface area contributed by atoms with E-state index in [0.29, 0.717) is 0 Å². The highest BCUT2D eigenvalue weighted by Crippen LogP contribution is 2.29. The zero-order valence-electron chi connectivity index (χ0n) is 14.7. The molecule has 2 aromatic carbocycles. The molecule has 1 saturated heterocycles. The Bertz CT molecular complexity index is 852. The lowest BCUT2D eigenvalue weighted by Crippen LogP contribution is -2.44. The Labute approximate surface area is 172 Å². The third-order valence-corrected chi connectivity index (χ3v) is 6.11. The van der Waals surface area contributed by atoms with Crippen molar-refractivity contribution in [2.75, 3.05) is 43.4 Å². The number of nitrogens with one attached hydrogen (secondary N) is 1. The second kappa shape index (κ2) is 7.94. The van der Waals surface area contributed by atoms with Gasteiger partial charge in [-0.1, -0.05) is 12.1 Å². The minimum atomic E-state index is 0.921. The number of hydrogen-bond donors (Lipinski definition) is 1. The summed E-state index contributed by atoms with van der Waals surface area (Å²) in [6.07, 6.45) is 0. The first kappa shape index (κ1) is 17.8. The summed E-state index contributed by atoms with van der Waals surface area (Å²) in [6, 6.07) is 17.1. The van der Waals surface area contributed by atoms with Crippen LogP contribution >= 0.6 is 33.9 Å². The van der Waals surface area contributed by atoms with Crippen LogP contribution in [0.5, 0.6) is 0 Å². The van der Waals surface area contributed by atoms with E-state index in [-0.39, 0.29) is 0 Å². The van der Waals surface area contributed by atoms with Crippen molar-refractivity contribution in [3.05, 3.63) is 57.5 Å². The van der Waals surface area contributed by atoms with Gasteiger partial charge in [0.2, 0.25) is 0 Å². The molecule has 2 heterocycles. The predicted molar refractivity (Wildman–Crippen MR) is 120 cm³/mol. The number of anilines is 3. The molecule has 0 atom stereocenters. The molecule has 0 saturated carbocycles. The molecule has 1 N–H and O–H groups in total. The van der Waals surface area contributed by atoms with Gasteiger partial charge in [0.15, 0.2) is 5.13 Å². The number of benzene rings is 2. The Balaban J connectivity index is 1.44. The molecule has 0 aliphatic carbocycles. The highest BCUT2D eigenvalue weighted by molar-refractivity contribution is 14.1. The van der Waals surface area contributed by atoms with Crippen LogP contribution in [0.1, 0.15) is 0 Å². The summed E-state index contributed by atoms with van der Waals surface area (Å²) in [5, 5.41) is 6.41. The first-order valence-electron chi connectivity index (χ1n) is 8.69. The van der Waals surface area contributed by atoms with Crippen molar-refractivity contribution < 1.29 is 0 Å². The number of aromatic nitrogens is 1. The average molecular weight is 476 g/mol. The molecule has 1 fully saturated rings. The van der Waals surface area contributed by atoms with Gasteiger partial charge in [-0.2, -0.15) is 0 Å². The summed E-state index contributed by atoms with van der Waals surface area (Å²) < 4.78 is 1.23. The van der Waals surface area contributed by atoms with Crippen molar-refractivity contribution in [3.8, 4) is 11.3 Å². The Hall–Kier alpha value is -1.64. The third kappa shape index (κ3) is 4.19. The van der Waals surface area contributed by atoms with Gasteiger partial charge in [0.1, 0.15) is 0 Å². The van der Waals surface area contributed by atoms with Crippen LogP contribution in [-0.2, 0) is 0 Å². The van der Waals surface area contributed by atoms with Crippen LogP contribution in [0.25, 0.3) is 11.3 Å². The van der Waals surface area contributed by atoms with Gasteiger partial charge in [0.05, 0.1) is 5.69 Å². The summed E-state index contributed by atoms with van der Waals surface area (Å²) >= 11 is 3.95. The second-order valence-electron chi connectivity index (χ2n) is 6.51. The monoisotopic (exact) mass is 476 g/mol. The molecular formula is C20H21IN4S. The standard InChI is InChI=1S/C20H21IN4S/c1-24-10-12-25(13-11-24)18-8-2-15(3-9-18)19-14-26-20(23-19)22-17-6-4-16(21)5-7-17/h2-9,14H,10-13H2,1H3,(H,22,23). The highest BCUT2D eigenvalue weighted by atomic mass is 127. The number of piperazine rings is 1. The van der Waals surface area contributed by atoms with Crippen molar-refractivity contribution in [1.29, 1.82) is 0 Å². The van der Waals surface area contributed by atoms with Gasteiger partial charge in [-0.05, 0) is 66.0 Å². The van der Waals surface area contributed by atoms with E-state index in [4.69, 9.17) is 4.98 Å². The molecule has 0 unspecified atom stereocenters. The molecule has 4 rings (SSSR count). The van der Waals surface area contributed by atoms with Gasteiger partial charge in [-0.25, -0.2) is 4.98 Å². The van der Waals surface area contributed by atoms with Crippen LogP contribution in [0, 0.1) is 3.57 Å². The first-order valence-corrected chi connectivity index (χ1v) is 10.7. The Kier molecular flexibility index (Phi) is 5.42. The van der Waals surface area contributed by atoms with Crippen LogP contribution in [0.4, 0.5) is 16.5 Å². The molecule has 4 nitrogen and oxygen atoms in total. The first-order chi connectivity index (χ1) is 12.7. The number of rotatable bonds is 4. The second-order valence-corrected chi connectivity index (χ2v) is 8.61. The van der Waals surface area contributed by atoms with Gasteiger partial charge in [0.25, 0.3) is 0 Å². The number of nitrogens with zero attached hydrogens (tertiary/aromatic N) is 3. The molecule has 26 heavy (non-hydrogen) atoms. The van der Waals surface area contributed by atoms with Gasteiger partial charge in [0, 0.05) is 52.1 Å².